The van der Waals surface area contributed by atoms with E-state index in [9.17, 15) is 5.11 Å². The number of hydrogen-bond acceptors (Lipinski definition) is 2. The zero-order valence-corrected chi connectivity index (χ0v) is 10.6. The lowest BCUT2D eigenvalue weighted by Crippen LogP contribution is -2.49. The van der Waals surface area contributed by atoms with Gasteiger partial charge in [-0.05, 0) is 44.6 Å². The third-order valence-electron chi connectivity index (χ3n) is 3.93. The summed E-state index contributed by atoms with van der Waals surface area (Å²) in [6.45, 7) is 7.35. The van der Waals surface area contributed by atoms with Gasteiger partial charge in [-0.15, -0.1) is 0 Å². The average Bonchev–Trinajstić information content (AvgIpc) is 2.65. The SMILES string of the molecule is CC1C=C(C(C)(O)N2CCCC2C)C=CC1. The molecule has 1 saturated heterocycles. The lowest BCUT2D eigenvalue weighted by Gasteiger charge is -2.39. The van der Waals surface area contributed by atoms with Crippen LogP contribution in [0.5, 0.6) is 0 Å². The van der Waals surface area contributed by atoms with Crippen LogP contribution in [0.3, 0.4) is 0 Å². The van der Waals surface area contributed by atoms with Gasteiger partial charge in [0.2, 0.25) is 0 Å². The Balaban J connectivity index is 2.20. The van der Waals surface area contributed by atoms with Gasteiger partial charge in [0.1, 0.15) is 5.72 Å². The van der Waals surface area contributed by atoms with Crippen LogP contribution in [0.15, 0.2) is 23.8 Å². The van der Waals surface area contributed by atoms with E-state index in [1.54, 1.807) is 0 Å². The molecule has 90 valence electrons. The van der Waals surface area contributed by atoms with Crippen molar-refractivity contribution in [1.82, 2.24) is 4.90 Å². The second-order valence-electron chi connectivity index (χ2n) is 5.44. The van der Waals surface area contributed by atoms with Gasteiger partial charge in [0.25, 0.3) is 0 Å². The molecule has 2 nitrogen and oxygen atoms in total. The molecule has 0 radical (unpaired) electrons. The molecule has 3 unspecified atom stereocenters. The molecule has 0 amide bonds. The number of rotatable bonds is 2. The van der Waals surface area contributed by atoms with Gasteiger partial charge < -0.3 is 5.11 Å². The number of hydrogen-bond donors (Lipinski definition) is 1. The molecule has 0 aromatic carbocycles. The van der Waals surface area contributed by atoms with Crippen molar-refractivity contribution in [2.24, 2.45) is 5.92 Å². The maximum absolute atomic E-state index is 10.7. The molecule has 2 rings (SSSR count). The van der Waals surface area contributed by atoms with Crippen molar-refractivity contribution in [2.75, 3.05) is 6.54 Å². The molecule has 1 N–H and O–H groups in total. The van der Waals surface area contributed by atoms with Crippen LogP contribution < -0.4 is 0 Å². The van der Waals surface area contributed by atoms with Gasteiger partial charge in [-0.2, -0.15) is 0 Å². The van der Waals surface area contributed by atoms with Crippen molar-refractivity contribution in [3.8, 4) is 0 Å². The Labute approximate surface area is 98.6 Å². The number of likely N-dealkylation sites (tertiary alicyclic amines) is 1. The molecule has 1 fully saturated rings. The van der Waals surface area contributed by atoms with Crippen LogP contribution in [0.1, 0.15) is 40.0 Å². The number of aliphatic hydroxyl groups is 1. The van der Waals surface area contributed by atoms with Crippen molar-refractivity contribution < 1.29 is 5.11 Å². The first kappa shape index (κ1) is 11.9. The molecule has 1 aliphatic heterocycles. The highest BCUT2D eigenvalue weighted by atomic mass is 16.3. The molecule has 16 heavy (non-hydrogen) atoms. The summed E-state index contributed by atoms with van der Waals surface area (Å²) in [4.78, 5) is 2.22. The zero-order chi connectivity index (χ0) is 11.8. The molecule has 0 spiro atoms. The van der Waals surface area contributed by atoms with E-state index in [-0.39, 0.29) is 0 Å². The average molecular weight is 221 g/mol. The third-order valence-corrected chi connectivity index (χ3v) is 3.93. The van der Waals surface area contributed by atoms with E-state index in [0.717, 1.165) is 18.5 Å². The smallest absolute Gasteiger partial charge is 0.141 e. The van der Waals surface area contributed by atoms with E-state index in [0.29, 0.717) is 12.0 Å². The second kappa shape index (κ2) is 4.34. The minimum absolute atomic E-state index is 0.488. The van der Waals surface area contributed by atoms with Crippen LogP contribution in [0, 0.1) is 5.92 Å². The monoisotopic (exact) mass is 221 g/mol. The molecule has 0 aromatic heterocycles. The molecular formula is C14H23NO. The maximum Gasteiger partial charge on any atom is 0.141 e. The van der Waals surface area contributed by atoms with E-state index in [1.807, 2.05) is 6.92 Å². The summed E-state index contributed by atoms with van der Waals surface area (Å²) in [7, 11) is 0. The summed E-state index contributed by atoms with van der Waals surface area (Å²) < 4.78 is 0. The standard InChI is InChI=1S/C14H23NO/c1-11-6-4-8-13(10-11)14(3,16)15-9-5-7-12(15)2/h4,8,10-12,16H,5-7,9H2,1-3H3. The minimum Gasteiger partial charge on any atom is -0.372 e. The van der Waals surface area contributed by atoms with Crippen LogP contribution >= 0.6 is 0 Å². The van der Waals surface area contributed by atoms with Gasteiger partial charge in [-0.3, -0.25) is 4.90 Å². The van der Waals surface area contributed by atoms with Crippen molar-refractivity contribution in [2.45, 2.75) is 51.8 Å². The largest absolute Gasteiger partial charge is 0.372 e. The maximum atomic E-state index is 10.7. The Kier molecular flexibility index (Phi) is 3.22. The summed E-state index contributed by atoms with van der Waals surface area (Å²) in [6, 6.07) is 0.488. The normalized spacial score (nSPS) is 34.9. The predicted molar refractivity (Wildman–Crippen MR) is 67.0 cm³/mol. The van der Waals surface area contributed by atoms with Crippen LogP contribution in [0.2, 0.25) is 0 Å². The molecule has 1 heterocycles. The van der Waals surface area contributed by atoms with E-state index in [2.05, 4.69) is 37.0 Å². The zero-order valence-electron chi connectivity index (χ0n) is 10.6. The molecule has 3 atom stereocenters. The molecule has 2 aliphatic rings. The van der Waals surface area contributed by atoms with Gasteiger partial charge in [-0.1, -0.05) is 25.2 Å². The lowest BCUT2D eigenvalue weighted by molar-refractivity contribution is -0.0644. The van der Waals surface area contributed by atoms with Crippen LogP contribution in [0.4, 0.5) is 0 Å². The summed E-state index contributed by atoms with van der Waals surface area (Å²) in [6.07, 6.45) is 9.97. The Morgan fingerprint density at radius 1 is 1.44 bits per heavy atom. The van der Waals surface area contributed by atoms with Crippen LogP contribution in [-0.4, -0.2) is 28.3 Å². The highest BCUT2D eigenvalue weighted by molar-refractivity contribution is 5.31. The van der Waals surface area contributed by atoms with Crippen LogP contribution in [0.25, 0.3) is 0 Å². The van der Waals surface area contributed by atoms with Gasteiger partial charge in [-0.25, -0.2) is 0 Å². The van der Waals surface area contributed by atoms with E-state index in [4.69, 9.17) is 0 Å². The van der Waals surface area contributed by atoms with Gasteiger partial charge in [0, 0.05) is 12.6 Å². The fourth-order valence-corrected chi connectivity index (χ4v) is 2.90. The third kappa shape index (κ3) is 2.09. The van der Waals surface area contributed by atoms with Crippen LogP contribution in [-0.2, 0) is 0 Å². The highest BCUT2D eigenvalue weighted by Crippen LogP contribution is 2.33. The minimum atomic E-state index is -0.791. The summed E-state index contributed by atoms with van der Waals surface area (Å²) in [5.41, 5.74) is 0.279. The van der Waals surface area contributed by atoms with Crippen molar-refractivity contribution in [3.05, 3.63) is 23.8 Å². The van der Waals surface area contributed by atoms with E-state index < -0.39 is 5.72 Å². The Bertz CT molecular complexity index is 317. The Hall–Kier alpha value is -0.600. The number of nitrogens with zero attached hydrogens (tertiary/aromatic N) is 1. The summed E-state index contributed by atoms with van der Waals surface area (Å²) in [5, 5.41) is 10.7. The van der Waals surface area contributed by atoms with Crippen molar-refractivity contribution >= 4 is 0 Å². The fourth-order valence-electron chi connectivity index (χ4n) is 2.90. The fraction of sp³-hybridized carbons (Fsp3) is 0.714. The quantitative estimate of drug-likeness (QED) is 0.775. The molecule has 0 aromatic rings. The molecule has 0 saturated carbocycles. The highest BCUT2D eigenvalue weighted by Gasteiger charge is 2.38. The van der Waals surface area contributed by atoms with Gasteiger partial charge in [0.05, 0.1) is 0 Å². The molecular weight excluding hydrogens is 198 g/mol. The number of allylic oxidation sites excluding steroid dienone is 2. The molecule has 0 bridgehead atoms. The Morgan fingerprint density at radius 3 is 2.75 bits per heavy atom. The predicted octanol–water partition coefficient (Wildman–Crippen LogP) is 2.70. The summed E-state index contributed by atoms with van der Waals surface area (Å²) in [5.74, 6) is 0.546. The summed E-state index contributed by atoms with van der Waals surface area (Å²) >= 11 is 0. The van der Waals surface area contributed by atoms with Gasteiger partial charge in [0.15, 0.2) is 0 Å². The van der Waals surface area contributed by atoms with Crippen molar-refractivity contribution in [3.63, 3.8) is 0 Å². The second-order valence-corrected chi connectivity index (χ2v) is 5.44. The molecule has 1 aliphatic carbocycles. The van der Waals surface area contributed by atoms with Crippen molar-refractivity contribution in [1.29, 1.82) is 0 Å². The first-order valence-electron chi connectivity index (χ1n) is 6.40. The van der Waals surface area contributed by atoms with E-state index >= 15 is 0 Å². The topological polar surface area (TPSA) is 23.5 Å². The van der Waals surface area contributed by atoms with Gasteiger partial charge >= 0.3 is 0 Å². The van der Waals surface area contributed by atoms with E-state index in [1.165, 1.54) is 12.8 Å². The lowest BCUT2D eigenvalue weighted by atomic mass is 9.91. The Morgan fingerprint density at radius 2 is 2.19 bits per heavy atom. The first-order chi connectivity index (χ1) is 7.51. The first-order valence-corrected chi connectivity index (χ1v) is 6.40. The molecule has 2 heteroatoms.